The van der Waals surface area contributed by atoms with Gasteiger partial charge in [-0.05, 0) is 46.6 Å². The summed E-state index contributed by atoms with van der Waals surface area (Å²) in [5, 5.41) is 5.46. The number of amides is 2. The molecule has 0 aromatic carbocycles. The Hall–Kier alpha value is -2.03. The number of pyridine rings is 1. The molecule has 0 spiro atoms. The van der Waals surface area contributed by atoms with Crippen LogP contribution in [0.15, 0.2) is 12.3 Å². The van der Waals surface area contributed by atoms with Crippen molar-refractivity contribution in [1.82, 2.24) is 15.6 Å². The first kappa shape index (κ1) is 23.3. The molecule has 2 amide bonds. The van der Waals surface area contributed by atoms with E-state index in [4.69, 9.17) is 11.6 Å². The molecule has 2 rings (SSSR count). The zero-order valence-corrected chi connectivity index (χ0v) is 17.6. The van der Waals surface area contributed by atoms with E-state index in [9.17, 15) is 22.8 Å². The Morgan fingerprint density at radius 1 is 1.24 bits per heavy atom. The summed E-state index contributed by atoms with van der Waals surface area (Å²) in [5.74, 6) is -0.488. The highest BCUT2D eigenvalue weighted by molar-refractivity contribution is 6.33. The lowest BCUT2D eigenvalue weighted by Gasteiger charge is -2.33. The Balaban J connectivity index is 1.92. The van der Waals surface area contributed by atoms with Gasteiger partial charge in [-0.25, -0.2) is 4.98 Å². The van der Waals surface area contributed by atoms with Gasteiger partial charge in [0.05, 0.1) is 10.6 Å². The summed E-state index contributed by atoms with van der Waals surface area (Å²) in [6.45, 7) is 8.05. The summed E-state index contributed by atoms with van der Waals surface area (Å²) in [5.41, 5.74) is -1.29. The number of halogens is 4. The lowest BCUT2D eigenvalue weighted by molar-refractivity contribution is -0.137. The number of alkyl halides is 3. The number of carbonyl (C=O) groups excluding carboxylic acids is 2. The quantitative estimate of drug-likeness (QED) is 0.761. The van der Waals surface area contributed by atoms with Crippen LogP contribution in [0.2, 0.25) is 5.02 Å². The van der Waals surface area contributed by atoms with Crippen molar-refractivity contribution in [2.24, 2.45) is 5.92 Å². The minimum absolute atomic E-state index is 0.0739. The van der Waals surface area contributed by atoms with Gasteiger partial charge < -0.3 is 15.5 Å². The second kappa shape index (κ2) is 8.77. The Labute approximate surface area is 173 Å². The maximum Gasteiger partial charge on any atom is 0.417 e. The Morgan fingerprint density at radius 2 is 1.83 bits per heavy atom. The van der Waals surface area contributed by atoms with E-state index in [0.717, 1.165) is 12.3 Å². The number of carbonyl (C=O) groups is 2. The van der Waals surface area contributed by atoms with Crippen LogP contribution >= 0.6 is 11.6 Å². The van der Waals surface area contributed by atoms with E-state index in [1.165, 1.54) is 0 Å². The second-order valence-electron chi connectivity index (χ2n) is 8.26. The molecule has 1 fully saturated rings. The zero-order valence-electron chi connectivity index (χ0n) is 16.9. The molecule has 2 heterocycles. The molecule has 29 heavy (non-hydrogen) atoms. The first-order valence-corrected chi connectivity index (χ1v) is 9.76. The summed E-state index contributed by atoms with van der Waals surface area (Å²) >= 11 is 6.00. The van der Waals surface area contributed by atoms with Crippen LogP contribution in [0.1, 0.15) is 46.1 Å². The summed E-state index contributed by atoms with van der Waals surface area (Å²) in [7, 11) is 0. The van der Waals surface area contributed by atoms with E-state index in [0.29, 0.717) is 25.9 Å². The zero-order chi connectivity index (χ0) is 22.0. The third kappa shape index (κ3) is 6.48. The van der Waals surface area contributed by atoms with Crippen molar-refractivity contribution in [2.75, 3.05) is 18.0 Å². The average Bonchev–Trinajstić information content (AvgIpc) is 2.59. The molecular formula is C19H26ClF3N4O2. The molecule has 1 atom stereocenters. The first-order valence-electron chi connectivity index (χ1n) is 9.38. The van der Waals surface area contributed by atoms with Gasteiger partial charge in [0.2, 0.25) is 11.8 Å². The molecular weight excluding hydrogens is 409 g/mol. The van der Waals surface area contributed by atoms with Crippen LogP contribution in [0.4, 0.5) is 19.0 Å². The minimum Gasteiger partial charge on any atom is -0.355 e. The van der Waals surface area contributed by atoms with Gasteiger partial charge in [0.25, 0.3) is 0 Å². The molecule has 2 N–H and O–H groups in total. The van der Waals surface area contributed by atoms with Gasteiger partial charge in [-0.1, -0.05) is 11.6 Å². The number of hydrogen-bond acceptors (Lipinski definition) is 4. The normalized spacial score (nSPS) is 17.0. The van der Waals surface area contributed by atoms with E-state index in [1.807, 2.05) is 20.8 Å². The van der Waals surface area contributed by atoms with Crippen LogP contribution < -0.4 is 15.5 Å². The summed E-state index contributed by atoms with van der Waals surface area (Å²) in [4.78, 5) is 30.2. The van der Waals surface area contributed by atoms with Crippen molar-refractivity contribution < 1.29 is 22.8 Å². The van der Waals surface area contributed by atoms with Crippen molar-refractivity contribution >= 4 is 29.2 Å². The van der Waals surface area contributed by atoms with Gasteiger partial charge in [-0.3, -0.25) is 9.59 Å². The van der Waals surface area contributed by atoms with E-state index >= 15 is 0 Å². The van der Waals surface area contributed by atoms with Crippen LogP contribution in [-0.2, 0) is 15.8 Å². The molecule has 6 nitrogen and oxygen atoms in total. The fourth-order valence-electron chi connectivity index (χ4n) is 3.05. The number of rotatable bonds is 4. The summed E-state index contributed by atoms with van der Waals surface area (Å²) in [6.07, 6.45) is -2.78. The summed E-state index contributed by atoms with van der Waals surface area (Å²) in [6, 6.07) is 0.198. The third-order valence-electron chi connectivity index (χ3n) is 4.56. The Morgan fingerprint density at radius 3 is 2.31 bits per heavy atom. The van der Waals surface area contributed by atoms with E-state index in [2.05, 4.69) is 15.6 Å². The molecule has 0 aliphatic carbocycles. The predicted molar refractivity (Wildman–Crippen MR) is 105 cm³/mol. The highest BCUT2D eigenvalue weighted by atomic mass is 35.5. The second-order valence-corrected chi connectivity index (χ2v) is 8.67. The van der Waals surface area contributed by atoms with Gasteiger partial charge in [-0.2, -0.15) is 13.2 Å². The largest absolute Gasteiger partial charge is 0.417 e. The molecule has 162 valence electrons. The number of hydrogen-bond donors (Lipinski definition) is 2. The molecule has 0 saturated carbocycles. The average molecular weight is 435 g/mol. The molecule has 1 aliphatic rings. The van der Waals surface area contributed by atoms with Gasteiger partial charge in [0.1, 0.15) is 11.9 Å². The van der Waals surface area contributed by atoms with Gasteiger partial charge >= 0.3 is 6.18 Å². The standard InChI is InChI=1S/C19H26ClF3N4O2/c1-11(16(28)26-18(2,3)4)25-17(29)12-5-7-27(8-6-12)15-14(20)9-13(10-24-15)19(21,22)23/h9-12H,5-8H2,1-4H3,(H,25,29)(H,26,28). The SMILES string of the molecule is CC(NC(=O)C1CCN(c2ncc(C(F)(F)F)cc2Cl)CC1)C(=O)NC(C)(C)C. The topological polar surface area (TPSA) is 74.3 Å². The third-order valence-corrected chi connectivity index (χ3v) is 4.84. The molecule has 1 aromatic heterocycles. The lowest BCUT2D eigenvalue weighted by Crippen LogP contribution is -2.52. The lowest BCUT2D eigenvalue weighted by atomic mass is 9.95. The Bertz CT molecular complexity index is 757. The maximum atomic E-state index is 12.7. The number of anilines is 1. The molecule has 1 saturated heterocycles. The fraction of sp³-hybridized carbons (Fsp3) is 0.632. The van der Waals surface area contributed by atoms with Crippen molar-refractivity contribution in [2.45, 2.75) is 58.3 Å². The first-order chi connectivity index (χ1) is 13.3. The smallest absolute Gasteiger partial charge is 0.355 e. The molecule has 1 aliphatic heterocycles. The number of aromatic nitrogens is 1. The van der Waals surface area contributed by atoms with E-state index < -0.39 is 23.3 Å². The Kier molecular flexibility index (Phi) is 7.03. The van der Waals surface area contributed by atoms with Crippen LogP contribution in [0.3, 0.4) is 0 Å². The number of nitrogens with zero attached hydrogens (tertiary/aromatic N) is 2. The fourth-order valence-corrected chi connectivity index (χ4v) is 3.33. The van der Waals surface area contributed by atoms with Crippen molar-refractivity contribution in [3.63, 3.8) is 0 Å². The molecule has 0 bridgehead atoms. The van der Waals surface area contributed by atoms with Crippen LogP contribution in [0.5, 0.6) is 0 Å². The number of piperidine rings is 1. The molecule has 1 unspecified atom stereocenters. The maximum absolute atomic E-state index is 12.7. The van der Waals surface area contributed by atoms with Crippen molar-refractivity contribution in [1.29, 1.82) is 0 Å². The van der Waals surface area contributed by atoms with Crippen LogP contribution in [0.25, 0.3) is 0 Å². The van der Waals surface area contributed by atoms with Gasteiger partial charge in [0.15, 0.2) is 0 Å². The predicted octanol–water partition coefficient (Wildman–Crippen LogP) is 3.39. The highest BCUT2D eigenvalue weighted by Crippen LogP contribution is 2.34. The minimum atomic E-state index is -4.50. The van der Waals surface area contributed by atoms with Gasteiger partial charge in [-0.15, -0.1) is 0 Å². The van der Waals surface area contributed by atoms with Gasteiger partial charge in [0, 0.05) is 30.7 Å². The number of nitrogens with one attached hydrogen (secondary N) is 2. The van der Waals surface area contributed by atoms with Crippen molar-refractivity contribution in [3.8, 4) is 0 Å². The molecule has 0 radical (unpaired) electrons. The monoisotopic (exact) mass is 434 g/mol. The van der Waals surface area contributed by atoms with E-state index in [-0.39, 0.29) is 28.6 Å². The van der Waals surface area contributed by atoms with Crippen molar-refractivity contribution in [3.05, 3.63) is 22.8 Å². The summed E-state index contributed by atoms with van der Waals surface area (Å²) < 4.78 is 38.2. The van der Waals surface area contributed by atoms with Crippen LogP contribution in [-0.4, -0.2) is 41.5 Å². The highest BCUT2D eigenvalue weighted by Gasteiger charge is 2.33. The molecule has 1 aromatic rings. The molecule has 10 heteroatoms. The van der Waals surface area contributed by atoms with Crippen LogP contribution in [0, 0.1) is 5.92 Å². The van der Waals surface area contributed by atoms with E-state index in [1.54, 1.807) is 11.8 Å².